The summed E-state index contributed by atoms with van der Waals surface area (Å²) in [6.07, 6.45) is 2.28. The summed E-state index contributed by atoms with van der Waals surface area (Å²) in [5, 5.41) is 21.0. The van der Waals surface area contributed by atoms with Gasteiger partial charge in [-0.05, 0) is 17.5 Å². The summed E-state index contributed by atoms with van der Waals surface area (Å²) in [5.41, 5.74) is 2.13. The fourth-order valence-electron chi connectivity index (χ4n) is 2.88. The molecule has 21 heavy (non-hydrogen) atoms. The van der Waals surface area contributed by atoms with Gasteiger partial charge in [-0.2, -0.15) is 15.4 Å². The first-order valence-electron chi connectivity index (χ1n) is 7.07. The van der Waals surface area contributed by atoms with Gasteiger partial charge in [-0.25, -0.2) is 0 Å². The topological polar surface area (TPSA) is 74.3 Å². The van der Waals surface area contributed by atoms with Crippen molar-refractivity contribution >= 4 is 0 Å². The van der Waals surface area contributed by atoms with Gasteiger partial charge in [0.25, 0.3) is 0 Å². The standard InChI is InChI=1S/C15H20N4O2/c1-21-10-13-4-2-3-12(7-13)9-19-6-5-15(20,11-19)14-8-16-18-17-14/h2-4,7-8,20H,5-6,9-11H2,1H3,(H,16,17,18)/t15-/m1/s1. The maximum Gasteiger partial charge on any atom is 0.124 e. The number of nitrogens with one attached hydrogen (secondary N) is 1. The van der Waals surface area contributed by atoms with E-state index < -0.39 is 5.60 Å². The minimum atomic E-state index is -0.892. The SMILES string of the molecule is COCc1cccc(CN2CC[C@](O)(c3cn[nH]n3)C2)c1. The van der Waals surface area contributed by atoms with Gasteiger partial charge in [0.15, 0.2) is 0 Å². The second-order valence-electron chi connectivity index (χ2n) is 5.60. The van der Waals surface area contributed by atoms with Gasteiger partial charge >= 0.3 is 0 Å². The largest absolute Gasteiger partial charge is 0.382 e. The zero-order valence-corrected chi connectivity index (χ0v) is 12.1. The molecule has 6 nitrogen and oxygen atoms in total. The van der Waals surface area contributed by atoms with E-state index >= 15 is 0 Å². The van der Waals surface area contributed by atoms with Gasteiger partial charge in [0.05, 0.1) is 12.8 Å². The number of aliphatic hydroxyl groups is 1. The lowest BCUT2D eigenvalue weighted by Gasteiger charge is -2.21. The molecule has 0 aliphatic carbocycles. The van der Waals surface area contributed by atoms with Crippen molar-refractivity contribution in [3.05, 3.63) is 47.3 Å². The molecule has 1 aromatic heterocycles. The molecule has 0 saturated carbocycles. The predicted molar refractivity (Wildman–Crippen MR) is 77.3 cm³/mol. The fourth-order valence-corrected chi connectivity index (χ4v) is 2.88. The highest BCUT2D eigenvalue weighted by molar-refractivity contribution is 5.23. The summed E-state index contributed by atoms with van der Waals surface area (Å²) < 4.78 is 5.16. The molecule has 0 bridgehead atoms. The van der Waals surface area contributed by atoms with E-state index in [1.807, 2.05) is 6.07 Å². The average molecular weight is 288 g/mol. The van der Waals surface area contributed by atoms with Gasteiger partial charge in [0.2, 0.25) is 0 Å². The third-order valence-electron chi connectivity index (χ3n) is 3.93. The molecule has 0 unspecified atom stereocenters. The van der Waals surface area contributed by atoms with Crippen molar-refractivity contribution in [1.82, 2.24) is 20.3 Å². The van der Waals surface area contributed by atoms with Crippen LogP contribution in [0.5, 0.6) is 0 Å². The first-order valence-corrected chi connectivity index (χ1v) is 7.07. The van der Waals surface area contributed by atoms with Gasteiger partial charge in [0, 0.05) is 26.7 Å². The number of ether oxygens (including phenoxy) is 1. The number of benzene rings is 1. The van der Waals surface area contributed by atoms with Crippen LogP contribution < -0.4 is 0 Å². The van der Waals surface area contributed by atoms with Crippen LogP contribution in [0.1, 0.15) is 23.2 Å². The molecule has 2 heterocycles. The Balaban J connectivity index is 1.66. The number of H-pyrrole nitrogens is 1. The maximum atomic E-state index is 10.7. The molecule has 6 heteroatoms. The molecule has 0 amide bonds. The Morgan fingerprint density at radius 3 is 3.05 bits per heavy atom. The van der Waals surface area contributed by atoms with Crippen molar-refractivity contribution in [2.45, 2.75) is 25.2 Å². The molecule has 1 atom stereocenters. The summed E-state index contributed by atoms with van der Waals surface area (Å²) in [6.45, 7) is 2.86. The highest BCUT2D eigenvalue weighted by atomic mass is 16.5. The van der Waals surface area contributed by atoms with E-state index in [1.165, 1.54) is 11.1 Å². The van der Waals surface area contributed by atoms with Crippen molar-refractivity contribution in [3.63, 3.8) is 0 Å². The average Bonchev–Trinajstić information content (AvgIpc) is 3.11. The van der Waals surface area contributed by atoms with E-state index in [0.29, 0.717) is 25.3 Å². The molecule has 0 spiro atoms. The Morgan fingerprint density at radius 2 is 2.29 bits per heavy atom. The van der Waals surface area contributed by atoms with Crippen LogP contribution in [-0.2, 0) is 23.5 Å². The van der Waals surface area contributed by atoms with Gasteiger partial charge < -0.3 is 9.84 Å². The van der Waals surface area contributed by atoms with Crippen LogP contribution >= 0.6 is 0 Å². The number of likely N-dealkylation sites (tertiary alicyclic amines) is 1. The number of rotatable bonds is 5. The van der Waals surface area contributed by atoms with Crippen LogP contribution in [0.3, 0.4) is 0 Å². The quantitative estimate of drug-likeness (QED) is 0.860. The molecule has 112 valence electrons. The number of hydrogen-bond acceptors (Lipinski definition) is 5. The van der Waals surface area contributed by atoms with Crippen molar-refractivity contribution in [2.75, 3.05) is 20.2 Å². The lowest BCUT2D eigenvalue weighted by atomic mass is 10.00. The summed E-state index contributed by atoms with van der Waals surface area (Å²) in [7, 11) is 1.70. The molecule has 1 aliphatic rings. The van der Waals surface area contributed by atoms with Crippen LogP contribution in [0, 0.1) is 0 Å². The molecular weight excluding hydrogens is 268 g/mol. The van der Waals surface area contributed by atoms with Crippen LogP contribution in [-0.4, -0.2) is 45.6 Å². The normalized spacial score (nSPS) is 22.8. The summed E-state index contributed by atoms with van der Waals surface area (Å²) in [5.74, 6) is 0. The Kier molecular flexibility index (Phi) is 4.01. The van der Waals surface area contributed by atoms with Crippen LogP contribution in [0.4, 0.5) is 0 Å². The highest BCUT2D eigenvalue weighted by Gasteiger charge is 2.39. The first kappa shape index (κ1) is 14.2. The van der Waals surface area contributed by atoms with Crippen LogP contribution in [0.25, 0.3) is 0 Å². The summed E-state index contributed by atoms with van der Waals surface area (Å²) in [4.78, 5) is 2.24. The monoisotopic (exact) mass is 288 g/mol. The molecule has 2 aromatic rings. The predicted octanol–water partition coefficient (Wildman–Crippen LogP) is 1.04. The van der Waals surface area contributed by atoms with E-state index in [1.54, 1.807) is 13.3 Å². The molecule has 1 fully saturated rings. The lowest BCUT2D eigenvalue weighted by Crippen LogP contribution is -2.31. The Morgan fingerprint density at radius 1 is 1.43 bits per heavy atom. The Bertz CT molecular complexity index is 587. The van der Waals surface area contributed by atoms with E-state index in [2.05, 4.69) is 38.5 Å². The zero-order chi connectivity index (χ0) is 14.7. The highest BCUT2D eigenvalue weighted by Crippen LogP contribution is 2.30. The Labute approximate surface area is 123 Å². The molecule has 1 saturated heterocycles. The molecule has 3 rings (SSSR count). The number of β-amino-alcohol motifs (C(OH)–C–C–N with tert-alkyl or cyclic N) is 1. The molecule has 2 N–H and O–H groups in total. The lowest BCUT2D eigenvalue weighted by molar-refractivity contribution is 0.0408. The molecule has 0 radical (unpaired) electrons. The number of aromatic amines is 1. The second-order valence-corrected chi connectivity index (χ2v) is 5.60. The number of aromatic nitrogens is 3. The van der Waals surface area contributed by atoms with Crippen LogP contribution in [0.15, 0.2) is 30.5 Å². The van der Waals surface area contributed by atoms with Gasteiger partial charge in [0.1, 0.15) is 11.3 Å². The third-order valence-corrected chi connectivity index (χ3v) is 3.93. The summed E-state index contributed by atoms with van der Waals surface area (Å²) >= 11 is 0. The molecular formula is C15H20N4O2. The minimum Gasteiger partial charge on any atom is -0.382 e. The van der Waals surface area contributed by atoms with E-state index in [-0.39, 0.29) is 0 Å². The summed E-state index contributed by atoms with van der Waals surface area (Å²) in [6, 6.07) is 8.36. The number of hydrogen-bond donors (Lipinski definition) is 2. The van der Waals surface area contributed by atoms with Crippen molar-refractivity contribution < 1.29 is 9.84 Å². The van der Waals surface area contributed by atoms with Crippen molar-refractivity contribution in [2.24, 2.45) is 0 Å². The first-order chi connectivity index (χ1) is 10.2. The van der Waals surface area contributed by atoms with E-state index in [9.17, 15) is 5.11 Å². The van der Waals surface area contributed by atoms with E-state index in [4.69, 9.17) is 4.74 Å². The van der Waals surface area contributed by atoms with Crippen LogP contribution in [0.2, 0.25) is 0 Å². The van der Waals surface area contributed by atoms with Gasteiger partial charge in [-0.1, -0.05) is 24.3 Å². The fraction of sp³-hybridized carbons (Fsp3) is 0.467. The van der Waals surface area contributed by atoms with Gasteiger partial charge in [-0.15, -0.1) is 0 Å². The number of nitrogens with zero attached hydrogens (tertiary/aromatic N) is 3. The van der Waals surface area contributed by atoms with Crippen molar-refractivity contribution in [3.8, 4) is 0 Å². The molecule has 1 aliphatic heterocycles. The maximum absolute atomic E-state index is 10.7. The van der Waals surface area contributed by atoms with Crippen molar-refractivity contribution in [1.29, 1.82) is 0 Å². The smallest absolute Gasteiger partial charge is 0.124 e. The Hall–Kier alpha value is -1.76. The number of methoxy groups -OCH3 is 1. The minimum absolute atomic E-state index is 0.577. The van der Waals surface area contributed by atoms with E-state index in [0.717, 1.165) is 13.1 Å². The second kappa shape index (κ2) is 5.93. The molecule has 1 aromatic carbocycles. The van der Waals surface area contributed by atoms with Gasteiger partial charge in [-0.3, -0.25) is 4.90 Å². The zero-order valence-electron chi connectivity index (χ0n) is 12.1. The third kappa shape index (κ3) is 3.12.